The Morgan fingerprint density at radius 3 is 2.75 bits per heavy atom. The minimum atomic E-state index is -0.158. The van der Waals surface area contributed by atoms with E-state index in [1.807, 2.05) is 0 Å². The molecule has 1 aromatic heterocycles. The summed E-state index contributed by atoms with van der Waals surface area (Å²) in [6, 6.07) is 1.74. The van der Waals surface area contributed by atoms with E-state index in [0.717, 1.165) is 5.69 Å². The highest BCUT2D eigenvalue weighted by Gasteiger charge is 2.04. The number of carbonyl (C=O) groups excluding carboxylic acids is 1. The first-order valence-corrected chi connectivity index (χ1v) is 4.97. The van der Waals surface area contributed by atoms with Crippen LogP contribution in [0.15, 0.2) is 43.8 Å². The first kappa shape index (κ1) is 12.0. The summed E-state index contributed by atoms with van der Waals surface area (Å²) in [6.45, 7) is 8.22. The van der Waals surface area contributed by atoms with Crippen molar-refractivity contribution in [3.63, 3.8) is 0 Å². The van der Waals surface area contributed by atoms with Gasteiger partial charge in [-0.05, 0) is 6.07 Å². The third-order valence-electron chi connectivity index (χ3n) is 1.86. The Morgan fingerprint density at radius 1 is 1.31 bits per heavy atom. The summed E-state index contributed by atoms with van der Waals surface area (Å²) < 4.78 is 0. The van der Waals surface area contributed by atoms with Crippen LogP contribution in [0.25, 0.3) is 0 Å². The van der Waals surface area contributed by atoms with Crippen LogP contribution in [0.3, 0.4) is 0 Å². The van der Waals surface area contributed by atoms with Gasteiger partial charge in [0.05, 0.1) is 11.3 Å². The van der Waals surface area contributed by atoms with E-state index >= 15 is 0 Å². The fraction of sp³-hybridized carbons (Fsp3) is 0.167. The van der Waals surface area contributed by atoms with E-state index in [4.69, 9.17) is 0 Å². The van der Waals surface area contributed by atoms with Gasteiger partial charge in [0.25, 0.3) is 5.91 Å². The van der Waals surface area contributed by atoms with Crippen molar-refractivity contribution >= 4 is 11.6 Å². The summed E-state index contributed by atoms with van der Waals surface area (Å²) in [6.07, 6.45) is 6.56. The molecule has 0 saturated heterocycles. The van der Waals surface area contributed by atoms with Crippen LogP contribution >= 0.6 is 0 Å². The highest BCUT2D eigenvalue weighted by Crippen LogP contribution is 2.07. The highest BCUT2D eigenvalue weighted by molar-refractivity contribution is 5.94. The van der Waals surface area contributed by atoms with Gasteiger partial charge < -0.3 is 10.6 Å². The minimum absolute atomic E-state index is 0.158. The molecule has 1 rings (SSSR count). The number of nitrogens with one attached hydrogen (secondary N) is 2. The molecule has 0 aliphatic carbocycles. The zero-order valence-corrected chi connectivity index (χ0v) is 9.07. The average Bonchev–Trinajstić information content (AvgIpc) is 2.33. The number of hydrogen-bond donors (Lipinski definition) is 2. The molecule has 1 aromatic rings. The molecule has 0 unspecified atom stereocenters. The molecule has 1 amide bonds. The lowest BCUT2D eigenvalue weighted by atomic mass is 10.2. The van der Waals surface area contributed by atoms with Crippen molar-refractivity contribution in [3.8, 4) is 0 Å². The van der Waals surface area contributed by atoms with E-state index < -0.39 is 0 Å². The quantitative estimate of drug-likeness (QED) is 0.711. The van der Waals surface area contributed by atoms with Gasteiger partial charge in [-0.3, -0.25) is 9.78 Å². The standard InChI is InChI=1S/C12H15N3O/c1-3-5-14-11-7-10(8-13-9-11)12(16)15-6-4-2/h3-4,7-9,14H,1-2,5-6H2,(H,15,16). The molecule has 0 aliphatic heterocycles. The second kappa shape index (κ2) is 6.40. The number of amides is 1. The fourth-order valence-electron chi connectivity index (χ4n) is 1.12. The molecule has 0 aromatic carbocycles. The Morgan fingerprint density at radius 2 is 2.06 bits per heavy atom. The summed E-state index contributed by atoms with van der Waals surface area (Å²) in [7, 11) is 0. The molecule has 0 atom stereocenters. The minimum Gasteiger partial charge on any atom is -0.380 e. The van der Waals surface area contributed by atoms with Gasteiger partial charge in [0.15, 0.2) is 0 Å². The van der Waals surface area contributed by atoms with Crippen molar-refractivity contribution in [1.29, 1.82) is 0 Å². The Labute approximate surface area is 95.1 Å². The van der Waals surface area contributed by atoms with Crippen molar-refractivity contribution in [2.45, 2.75) is 0 Å². The number of hydrogen-bond acceptors (Lipinski definition) is 3. The molecule has 0 radical (unpaired) electrons. The molecular formula is C12H15N3O. The summed E-state index contributed by atoms with van der Waals surface area (Å²) in [5.41, 5.74) is 1.32. The summed E-state index contributed by atoms with van der Waals surface area (Å²) in [4.78, 5) is 15.6. The highest BCUT2D eigenvalue weighted by atomic mass is 16.1. The van der Waals surface area contributed by atoms with E-state index in [-0.39, 0.29) is 5.91 Å². The van der Waals surface area contributed by atoms with Gasteiger partial charge in [-0.1, -0.05) is 12.2 Å². The number of carbonyl (C=O) groups is 1. The number of nitrogens with zero attached hydrogens (tertiary/aromatic N) is 1. The maximum atomic E-state index is 11.6. The van der Waals surface area contributed by atoms with Gasteiger partial charge in [-0.15, -0.1) is 13.2 Å². The monoisotopic (exact) mass is 217 g/mol. The van der Waals surface area contributed by atoms with Gasteiger partial charge in [-0.2, -0.15) is 0 Å². The van der Waals surface area contributed by atoms with E-state index in [2.05, 4.69) is 28.8 Å². The normalized spacial score (nSPS) is 9.25. The maximum Gasteiger partial charge on any atom is 0.253 e. The predicted octanol–water partition coefficient (Wildman–Crippen LogP) is 1.60. The Kier molecular flexibility index (Phi) is 4.79. The molecule has 4 heteroatoms. The largest absolute Gasteiger partial charge is 0.380 e. The SMILES string of the molecule is C=CCNC(=O)c1cncc(NCC=C)c1. The van der Waals surface area contributed by atoms with Crippen LogP contribution in [0, 0.1) is 0 Å². The van der Waals surface area contributed by atoms with Gasteiger partial charge >= 0.3 is 0 Å². The van der Waals surface area contributed by atoms with E-state index in [9.17, 15) is 4.79 Å². The molecule has 0 saturated carbocycles. The topological polar surface area (TPSA) is 54.0 Å². The summed E-state index contributed by atoms with van der Waals surface area (Å²) in [5.74, 6) is -0.158. The molecule has 0 spiro atoms. The van der Waals surface area contributed by atoms with Gasteiger partial charge in [0.2, 0.25) is 0 Å². The third-order valence-corrected chi connectivity index (χ3v) is 1.86. The van der Waals surface area contributed by atoms with Crippen LogP contribution in [0.1, 0.15) is 10.4 Å². The first-order valence-electron chi connectivity index (χ1n) is 4.97. The van der Waals surface area contributed by atoms with E-state index in [0.29, 0.717) is 18.7 Å². The molecular weight excluding hydrogens is 202 g/mol. The van der Waals surface area contributed by atoms with Crippen molar-refractivity contribution in [2.75, 3.05) is 18.4 Å². The molecule has 1 heterocycles. The maximum absolute atomic E-state index is 11.6. The predicted molar refractivity (Wildman–Crippen MR) is 65.5 cm³/mol. The van der Waals surface area contributed by atoms with Crippen molar-refractivity contribution in [3.05, 3.63) is 49.3 Å². The van der Waals surface area contributed by atoms with Gasteiger partial charge in [0.1, 0.15) is 0 Å². The van der Waals surface area contributed by atoms with Crippen molar-refractivity contribution < 1.29 is 4.79 Å². The number of pyridine rings is 1. The van der Waals surface area contributed by atoms with Crippen molar-refractivity contribution in [1.82, 2.24) is 10.3 Å². The zero-order chi connectivity index (χ0) is 11.8. The van der Waals surface area contributed by atoms with Crippen LogP contribution < -0.4 is 10.6 Å². The zero-order valence-electron chi connectivity index (χ0n) is 9.07. The lowest BCUT2D eigenvalue weighted by Crippen LogP contribution is -2.23. The molecule has 84 valence electrons. The summed E-state index contributed by atoms with van der Waals surface area (Å²) in [5, 5.41) is 5.75. The Balaban J connectivity index is 2.69. The third kappa shape index (κ3) is 3.57. The lowest BCUT2D eigenvalue weighted by molar-refractivity contribution is 0.0957. The molecule has 4 nitrogen and oxygen atoms in total. The van der Waals surface area contributed by atoms with Gasteiger partial charge in [0, 0.05) is 25.5 Å². The second-order valence-electron chi connectivity index (χ2n) is 3.13. The second-order valence-corrected chi connectivity index (χ2v) is 3.13. The van der Waals surface area contributed by atoms with Crippen LogP contribution in [0.5, 0.6) is 0 Å². The van der Waals surface area contributed by atoms with Crippen LogP contribution in [-0.2, 0) is 0 Å². The lowest BCUT2D eigenvalue weighted by Gasteiger charge is -2.05. The Bertz CT molecular complexity index is 388. The number of anilines is 1. The van der Waals surface area contributed by atoms with E-state index in [1.165, 1.54) is 6.20 Å². The number of aromatic nitrogens is 1. The smallest absolute Gasteiger partial charge is 0.253 e. The fourth-order valence-corrected chi connectivity index (χ4v) is 1.12. The molecule has 0 fully saturated rings. The van der Waals surface area contributed by atoms with Crippen LogP contribution in [0.4, 0.5) is 5.69 Å². The van der Waals surface area contributed by atoms with Crippen LogP contribution in [0.2, 0.25) is 0 Å². The average molecular weight is 217 g/mol. The molecule has 0 bridgehead atoms. The molecule has 0 aliphatic rings. The van der Waals surface area contributed by atoms with Crippen LogP contribution in [-0.4, -0.2) is 24.0 Å². The van der Waals surface area contributed by atoms with E-state index in [1.54, 1.807) is 24.4 Å². The number of rotatable bonds is 6. The first-order chi connectivity index (χ1) is 7.77. The Hall–Kier alpha value is -2.10. The molecule has 2 N–H and O–H groups in total. The molecule has 16 heavy (non-hydrogen) atoms. The van der Waals surface area contributed by atoms with Crippen molar-refractivity contribution in [2.24, 2.45) is 0 Å². The summed E-state index contributed by atoms with van der Waals surface area (Å²) >= 11 is 0. The van der Waals surface area contributed by atoms with Gasteiger partial charge in [-0.25, -0.2) is 0 Å².